The molecular formula is C23H23NO6S. The molecule has 162 valence electrons. The zero-order chi connectivity index (χ0) is 21.8. The molecule has 0 spiro atoms. The van der Waals surface area contributed by atoms with Crippen molar-refractivity contribution in [2.45, 2.75) is 17.6 Å². The van der Waals surface area contributed by atoms with Gasteiger partial charge in [-0.05, 0) is 34.1 Å². The number of sulfone groups is 1. The van der Waals surface area contributed by atoms with E-state index in [1.165, 1.54) is 4.90 Å². The van der Waals surface area contributed by atoms with E-state index in [1.54, 1.807) is 0 Å². The van der Waals surface area contributed by atoms with Gasteiger partial charge in [0.1, 0.15) is 6.61 Å². The molecule has 2 aromatic carbocycles. The number of carbonyl (C=O) groups is 2. The number of nitrogens with zero attached hydrogens (tertiary/aromatic N) is 1. The van der Waals surface area contributed by atoms with Crippen LogP contribution in [0.25, 0.3) is 11.1 Å². The number of amides is 1. The molecule has 2 heterocycles. The molecule has 5 rings (SSSR count). The molecule has 0 unspecified atom stereocenters. The number of carboxylic acids is 1. The van der Waals surface area contributed by atoms with Crippen molar-refractivity contribution in [3.63, 3.8) is 0 Å². The molecule has 8 heteroatoms. The number of carboxylic acid groups (broad SMARTS) is 1. The van der Waals surface area contributed by atoms with Crippen LogP contribution < -0.4 is 0 Å². The highest BCUT2D eigenvalue weighted by Crippen LogP contribution is 2.45. The monoisotopic (exact) mass is 441 g/mol. The van der Waals surface area contributed by atoms with E-state index in [2.05, 4.69) is 12.1 Å². The van der Waals surface area contributed by atoms with Gasteiger partial charge in [-0.15, -0.1) is 0 Å². The Morgan fingerprint density at radius 3 is 2.23 bits per heavy atom. The molecule has 1 N–H and O–H groups in total. The average molecular weight is 442 g/mol. The number of fused-ring (bicyclic) bond motifs is 4. The number of rotatable bonds is 4. The number of carbonyl (C=O) groups excluding carboxylic acids is 1. The Morgan fingerprint density at radius 2 is 1.61 bits per heavy atom. The highest BCUT2D eigenvalue weighted by Gasteiger charge is 2.53. The summed E-state index contributed by atoms with van der Waals surface area (Å²) < 4.78 is 30.6. The van der Waals surface area contributed by atoms with Crippen LogP contribution in [-0.2, 0) is 19.4 Å². The summed E-state index contributed by atoms with van der Waals surface area (Å²) in [6, 6.07) is 16.1. The van der Waals surface area contributed by atoms with Gasteiger partial charge in [0.05, 0.1) is 11.0 Å². The quantitative estimate of drug-likeness (QED) is 0.783. The van der Waals surface area contributed by atoms with E-state index in [-0.39, 0.29) is 43.7 Å². The zero-order valence-corrected chi connectivity index (χ0v) is 17.6. The summed E-state index contributed by atoms with van der Waals surface area (Å²) in [6.07, 6.45) is -0.737. The Bertz CT molecular complexity index is 1110. The Balaban J connectivity index is 1.30. The SMILES string of the molecule is O=C(O)C[C@H]1CS(=O)(=O)[C@@H]2CN(C(=O)OCC3c4ccccc4-c4ccccc43)C[C@H]12. The van der Waals surface area contributed by atoms with Gasteiger partial charge in [-0.2, -0.15) is 0 Å². The zero-order valence-electron chi connectivity index (χ0n) is 16.8. The minimum atomic E-state index is -3.41. The highest BCUT2D eigenvalue weighted by atomic mass is 32.2. The van der Waals surface area contributed by atoms with Crippen LogP contribution in [0.15, 0.2) is 48.5 Å². The van der Waals surface area contributed by atoms with Crippen LogP contribution >= 0.6 is 0 Å². The first-order chi connectivity index (χ1) is 14.8. The number of hydrogen-bond donors (Lipinski definition) is 1. The van der Waals surface area contributed by atoms with Crippen LogP contribution in [0.3, 0.4) is 0 Å². The van der Waals surface area contributed by atoms with Crippen molar-refractivity contribution >= 4 is 21.9 Å². The number of benzene rings is 2. The van der Waals surface area contributed by atoms with E-state index in [4.69, 9.17) is 9.84 Å². The van der Waals surface area contributed by atoms with Crippen molar-refractivity contribution in [3.8, 4) is 11.1 Å². The molecule has 0 saturated carbocycles. The third-order valence-electron chi connectivity index (χ3n) is 6.85. The maximum atomic E-state index is 12.8. The maximum absolute atomic E-state index is 12.8. The summed E-state index contributed by atoms with van der Waals surface area (Å²) in [7, 11) is -3.41. The number of ether oxygens (including phenoxy) is 1. The first-order valence-electron chi connectivity index (χ1n) is 10.4. The fourth-order valence-electron chi connectivity index (χ4n) is 5.45. The smallest absolute Gasteiger partial charge is 0.409 e. The highest BCUT2D eigenvalue weighted by molar-refractivity contribution is 7.92. The summed E-state index contributed by atoms with van der Waals surface area (Å²) in [5.74, 6) is -2.00. The standard InChI is InChI=1S/C23H23NO6S/c25-22(26)9-14-13-31(28,29)21-11-24(10-19(14)21)23(27)30-12-20-17-7-3-1-5-15(17)16-6-2-4-8-18(16)20/h1-8,14,19-21H,9-13H2,(H,25,26)/t14-,19+,21+/m0/s1. The lowest BCUT2D eigenvalue weighted by molar-refractivity contribution is -0.138. The van der Waals surface area contributed by atoms with Crippen molar-refractivity contribution in [1.29, 1.82) is 0 Å². The summed E-state index contributed by atoms with van der Waals surface area (Å²) >= 11 is 0. The van der Waals surface area contributed by atoms with Crippen molar-refractivity contribution in [2.24, 2.45) is 11.8 Å². The second-order valence-electron chi connectivity index (χ2n) is 8.60. The molecule has 0 radical (unpaired) electrons. The van der Waals surface area contributed by atoms with Gasteiger partial charge in [0.2, 0.25) is 0 Å². The van der Waals surface area contributed by atoms with Crippen molar-refractivity contribution in [1.82, 2.24) is 4.90 Å². The van der Waals surface area contributed by atoms with Gasteiger partial charge in [0.25, 0.3) is 0 Å². The molecule has 0 aromatic heterocycles. The molecule has 2 aromatic rings. The first-order valence-corrected chi connectivity index (χ1v) is 12.1. The summed E-state index contributed by atoms with van der Waals surface area (Å²) in [5.41, 5.74) is 4.49. The number of aliphatic carboxylic acids is 1. The second-order valence-corrected chi connectivity index (χ2v) is 10.9. The topological polar surface area (TPSA) is 101 Å². The van der Waals surface area contributed by atoms with Gasteiger partial charge in [-0.25, -0.2) is 13.2 Å². The molecule has 3 atom stereocenters. The van der Waals surface area contributed by atoms with Gasteiger partial charge in [-0.1, -0.05) is 48.5 Å². The Hall–Kier alpha value is -2.87. The Morgan fingerprint density at radius 1 is 1.00 bits per heavy atom. The summed E-state index contributed by atoms with van der Waals surface area (Å²) in [6.45, 7) is 0.461. The van der Waals surface area contributed by atoms with Crippen molar-refractivity contribution < 1.29 is 27.9 Å². The van der Waals surface area contributed by atoms with E-state index in [0.717, 1.165) is 22.3 Å². The first kappa shape index (κ1) is 20.1. The number of hydrogen-bond acceptors (Lipinski definition) is 5. The largest absolute Gasteiger partial charge is 0.481 e. The molecular weight excluding hydrogens is 418 g/mol. The van der Waals surface area contributed by atoms with E-state index in [9.17, 15) is 18.0 Å². The molecule has 31 heavy (non-hydrogen) atoms. The third-order valence-corrected chi connectivity index (χ3v) is 9.17. The minimum absolute atomic E-state index is 0.0676. The maximum Gasteiger partial charge on any atom is 0.409 e. The molecule has 1 amide bonds. The fourth-order valence-corrected chi connectivity index (χ4v) is 7.90. The van der Waals surface area contributed by atoms with Gasteiger partial charge >= 0.3 is 12.1 Å². The summed E-state index contributed by atoms with van der Waals surface area (Å²) in [4.78, 5) is 25.3. The second kappa shape index (κ2) is 7.37. The third kappa shape index (κ3) is 3.39. The normalized spacial score (nSPS) is 25.7. The van der Waals surface area contributed by atoms with Crippen LogP contribution in [0, 0.1) is 11.8 Å². The predicted molar refractivity (Wildman–Crippen MR) is 113 cm³/mol. The van der Waals surface area contributed by atoms with E-state index >= 15 is 0 Å². The number of likely N-dealkylation sites (tertiary alicyclic amines) is 1. The molecule has 2 fully saturated rings. The molecule has 3 aliphatic rings. The van der Waals surface area contributed by atoms with Crippen LogP contribution in [0.5, 0.6) is 0 Å². The minimum Gasteiger partial charge on any atom is -0.481 e. The lowest BCUT2D eigenvalue weighted by Crippen LogP contribution is -2.34. The van der Waals surface area contributed by atoms with E-state index in [1.807, 2.05) is 36.4 Å². The van der Waals surface area contributed by atoms with Crippen LogP contribution in [-0.4, -0.2) is 61.2 Å². The van der Waals surface area contributed by atoms with Gasteiger partial charge < -0.3 is 14.7 Å². The van der Waals surface area contributed by atoms with Crippen molar-refractivity contribution in [3.05, 3.63) is 59.7 Å². The lowest BCUT2D eigenvalue weighted by atomic mass is 9.91. The van der Waals surface area contributed by atoms with Crippen LogP contribution in [0.1, 0.15) is 23.5 Å². The van der Waals surface area contributed by atoms with Gasteiger partial charge in [0.15, 0.2) is 9.84 Å². The Labute approximate surface area is 180 Å². The van der Waals surface area contributed by atoms with Crippen LogP contribution in [0.2, 0.25) is 0 Å². The van der Waals surface area contributed by atoms with Crippen LogP contribution in [0.4, 0.5) is 4.79 Å². The van der Waals surface area contributed by atoms with Gasteiger partial charge in [0, 0.05) is 25.4 Å². The van der Waals surface area contributed by atoms with Gasteiger partial charge in [-0.3, -0.25) is 4.79 Å². The molecule has 1 aliphatic carbocycles. The molecule has 0 bridgehead atoms. The average Bonchev–Trinajstić information content (AvgIpc) is 3.38. The fraction of sp³-hybridized carbons (Fsp3) is 0.391. The molecule has 2 aliphatic heterocycles. The lowest BCUT2D eigenvalue weighted by Gasteiger charge is -2.21. The molecule has 2 saturated heterocycles. The van der Waals surface area contributed by atoms with Crippen molar-refractivity contribution in [2.75, 3.05) is 25.4 Å². The predicted octanol–water partition coefficient (Wildman–Crippen LogP) is 2.76. The summed E-state index contributed by atoms with van der Waals surface area (Å²) in [5, 5.41) is 8.41. The molecule has 7 nitrogen and oxygen atoms in total. The van der Waals surface area contributed by atoms with E-state index < -0.39 is 33.1 Å². The van der Waals surface area contributed by atoms with E-state index in [0.29, 0.717) is 0 Å². The Kier molecular flexibility index (Phi) is 4.77.